The number of anilines is 1. The third-order valence-corrected chi connectivity index (χ3v) is 6.24. The standard InChI is InChI=1S/C21H23N3O7S/c1-3-31-11-4-5-12(10(2)8-11)17(25)23-9-14-16-13(6-7-22-14)15(20(27)28)19(32-16)24-18(26)21(29)30/h4-5,8,14,22H,3,6-7,9H2,1-2H3,(H,23,25)(H,24,26)(H,27,28)(H,29,30). The highest BCUT2D eigenvalue weighted by Gasteiger charge is 2.31. The number of amides is 2. The fraction of sp³-hybridized carbons (Fsp3) is 0.333. The molecule has 170 valence electrons. The first-order valence-electron chi connectivity index (χ1n) is 9.91. The maximum absolute atomic E-state index is 12.7. The van der Waals surface area contributed by atoms with Crippen molar-refractivity contribution in [1.82, 2.24) is 10.6 Å². The van der Waals surface area contributed by atoms with Gasteiger partial charge in [0.05, 0.1) is 18.2 Å². The molecule has 0 fully saturated rings. The number of aliphatic carboxylic acids is 1. The molecule has 2 heterocycles. The molecular formula is C21H23N3O7S. The molecule has 3 rings (SSSR count). The molecule has 0 bridgehead atoms. The zero-order valence-corrected chi connectivity index (χ0v) is 18.3. The first-order valence-corrected chi connectivity index (χ1v) is 10.7. The molecule has 0 spiro atoms. The highest BCUT2D eigenvalue weighted by Crippen LogP contribution is 2.39. The fourth-order valence-electron chi connectivity index (χ4n) is 3.55. The molecular weight excluding hydrogens is 438 g/mol. The van der Waals surface area contributed by atoms with E-state index in [1.54, 1.807) is 18.2 Å². The fourth-order valence-corrected chi connectivity index (χ4v) is 4.86. The van der Waals surface area contributed by atoms with Gasteiger partial charge in [0.15, 0.2) is 0 Å². The Bertz CT molecular complexity index is 1080. The Balaban J connectivity index is 1.79. The van der Waals surface area contributed by atoms with Gasteiger partial charge in [0.2, 0.25) is 0 Å². The molecule has 0 radical (unpaired) electrons. The van der Waals surface area contributed by atoms with E-state index in [9.17, 15) is 24.3 Å². The summed E-state index contributed by atoms with van der Waals surface area (Å²) in [6.45, 7) is 4.86. The zero-order valence-electron chi connectivity index (χ0n) is 17.5. The van der Waals surface area contributed by atoms with Gasteiger partial charge in [0.25, 0.3) is 5.91 Å². The first-order chi connectivity index (χ1) is 15.2. The van der Waals surface area contributed by atoms with Crippen LogP contribution in [0.15, 0.2) is 18.2 Å². The van der Waals surface area contributed by atoms with Crippen LogP contribution in [0, 0.1) is 6.92 Å². The van der Waals surface area contributed by atoms with E-state index in [1.807, 2.05) is 13.8 Å². The maximum Gasteiger partial charge on any atom is 0.394 e. The van der Waals surface area contributed by atoms with Crippen LogP contribution in [-0.2, 0) is 16.0 Å². The van der Waals surface area contributed by atoms with Gasteiger partial charge in [-0.05, 0) is 56.1 Å². The lowest BCUT2D eigenvalue weighted by Gasteiger charge is -2.24. The number of carbonyl (C=O) groups excluding carboxylic acids is 2. The Kier molecular flexibility index (Phi) is 7.11. The molecule has 1 aromatic carbocycles. The predicted octanol–water partition coefficient (Wildman–Crippen LogP) is 1.79. The van der Waals surface area contributed by atoms with Crippen LogP contribution in [0.2, 0.25) is 0 Å². The van der Waals surface area contributed by atoms with Gasteiger partial charge in [-0.2, -0.15) is 0 Å². The summed E-state index contributed by atoms with van der Waals surface area (Å²) in [5.41, 5.74) is 1.67. The normalized spacial score (nSPS) is 14.9. The van der Waals surface area contributed by atoms with Crippen molar-refractivity contribution in [3.8, 4) is 5.75 Å². The summed E-state index contributed by atoms with van der Waals surface area (Å²) in [7, 11) is 0. The second-order valence-electron chi connectivity index (χ2n) is 7.09. The molecule has 5 N–H and O–H groups in total. The molecule has 1 aromatic heterocycles. The number of rotatable bonds is 7. The number of aromatic carboxylic acids is 1. The van der Waals surface area contributed by atoms with Crippen LogP contribution in [0.4, 0.5) is 5.00 Å². The van der Waals surface area contributed by atoms with Gasteiger partial charge < -0.3 is 30.9 Å². The number of thiophene rings is 1. The number of aryl methyl sites for hydroxylation is 1. The second kappa shape index (κ2) is 9.79. The zero-order chi connectivity index (χ0) is 23.4. The third-order valence-electron chi connectivity index (χ3n) is 4.98. The number of nitrogens with one attached hydrogen (secondary N) is 3. The van der Waals surface area contributed by atoms with E-state index < -0.39 is 17.8 Å². The largest absolute Gasteiger partial charge is 0.494 e. The quantitative estimate of drug-likeness (QED) is 0.391. The molecule has 2 amide bonds. The Morgan fingerprint density at radius 1 is 1.25 bits per heavy atom. The first kappa shape index (κ1) is 23.2. The highest BCUT2D eigenvalue weighted by atomic mass is 32.1. The summed E-state index contributed by atoms with van der Waals surface area (Å²) < 4.78 is 5.44. The maximum atomic E-state index is 12.7. The molecule has 1 aliphatic rings. The summed E-state index contributed by atoms with van der Waals surface area (Å²) in [5.74, 6) is -3.88. The second-order valence-corrected chi connectivity index (χ2v) is 8.14. The Morgan fingerprint density at radius 2 is 2.00 bits per heavy atom. The van der Waals surface area contributed by atoms with Crippen molar-refractivity contribution in [2.24, 2.45) is 0 Å². The van der Waals surface area contributed by atoms with Gasteiger partial charge in [-0.1, -0.05) is 0 Å². The number of fused-ring (bicyclic) bond motifs is 1. The molecule has 0 saturated carbocycles. The summed E-state index contributed by atoms with van der Waals surface area (Å²) in [4.78, 5) is 47.6. The lowest BCUT2D eigenvalue weighted by molar-refractivity contribution is -0.147. The number of carboxylic acids is 2. The summed E-state index contributed by atoms with van der Waals surface area (Å²) in [6.07, 6.45) is 0.402. The number of benzene rings is 1. The van der Waals surface area contributed by atoms with Crippen molar-refractivity contribution in [2.45, 2.75) is 26.3 Å². The van der Waals surface area contributed by atoms with Crippen LogP contribution < -0.4 is 20.7 Å². The van der Waals surface area contributed by atoms with Gasteiger partial charge in [-0.15, -0.1) is 11.3 Å². The van der Waals surface area contributed by atoms with E-state index in [4.69, 9.17) is 9.84 Å². The van der Waals surface area contributed by atoms with Crippen LogP contribution in [0.25, 0.3) is 0 Å². The monoisotopic (exact) mass is 461 g/mol. The highest BCUT2D eigenvalue weighted by molar-refractivity contribution is 7.17. The van der Waals surface area contributed by atoms with Crippen molar-refractivity contribution >= 4 is 40.1 Å². The van der Waals surface area contributed by atoms with Crippen molar-refractivity contribution in [3.63, 3.8) is 0 Å². The minimum absolute atomic E-state index is 0.0303. The number of hydrogen-bond donors (Lipinski definition) is 5. The molecule has 0 saturated heterocycles. The Morgan fingerprint density at radius 3 is 2.62 bits per heavy atom. The average molecular weight is 461 g/mol. The molecule has 2 aromatic rings. The smallest absolute Gasteiger partial charge is 0.394 e. The Hall–Kier alpha value is -3.44. The predicted molar refractivity (Wildman–Crippen MR) is 117 cm³/mol. The van der Waals surface area contributed by atoms with E-state index in [-0.39, 0.29) is 29.1 Å². The van der Waals surface area contributed by atoms with E-state index in [0.29, 0.717) is 41.3 Å². The number of hydrogen-bond acceptors (Lipinski definition) is 7. The molecule has 11 heteroatoms. The molecule has 32 heavy (non-hydrogen) atoms. The SMILES string of the molecule is CCOc1ccc(C(=O)NCC2NCCc3c2sc(NC(=O)C(=O)O)c3C(=O)O)c(C)c1. The minimum atomic E-state index is -1.71. The van der Waals surface area contributed by atoms with Gasteiger partial charge in [-0.3, -0.25) is 9.59 Å². The third kappa shape index (κ3) is 4.89. The number of carboxylic acid groups (broad SMARTS) is 2. The van der Waals surface area contributed by atoms with Crippen LogP contribution in [-0.4, -0.2) is 53.7 Å². The lowest BCUT2D eigenvalue weighted by atomic mass is 9.99. The molecule has 10 nitrogen and oxygen atoms in total. The van der Waals surface area contributed by atoms with Gasteiger partial charge in [-0.25, -0.2) is 9.59 Å². The molecule has 1 aliphatic heterocycles. The van der Waals surface area contributed by atoms with Crippen LogP contribution in [0.1, 0.15) is 49.7 Å². The number of ether oxygens (including phenoxy) is 1. The van der Waals surface area contributed by atoms with E-state index >= 15 is 0 Å². The topological polar surface area (TPSA) is 154 Å². The van der Waals surface area contributed by atoms with Gasteiger partial charge in [0, 0.05) is 17.0 Å². The van der Waals surface area contributed by atoms with Crippen molar-refractivity contribution in [2.75, 3.05) is 25.0 Å². The summed E-state index contributed by atoms with van der Waals surface area (Å²) in [5, 5.41) is 26.7. The van der Waals surface area contributed by atoms with E-state index in [2.05, 4.69) is 16.0 Å². The van der Waals surface area contributed by atoms with Crippen LogP contribution >= 0.6 is 11.3 Å². The van der Waals surface area contributed by atoms with E-state index in [0.717, 1.165) is 16.9 Å². The summed E-state index contributed by atoms with van der Waals surface area (Å²) >= 11 is 0.996. The Labute approximate surface area is 187 Å². The summed E-state index contributed by atoms with van der Waals surface area (Å²) in [6, 6.07) is 4.80. The van der Waals surface area contributed by atoms with Crippen molar-refractivity contribution in [1.29, 1.82) is 0 Å². The van der Waals surface area contributed by atoms with Gasteiger partial charge >= 0.3 is 17.8 Å². The number of carbonyl (C=O) groups is 4. The average Bonchev–Trinajstić information content (AvgIpc) is 3.10. The molecule has 1 unspecified atom stereocenters. The lowest BCUT2D eigenvalue weighted by Crippen LogP contribution is -2.38. The molecule has 0 aliphatic carbocycles. The van der Waals surface area contributed by atoms with E-state index in [1.165, 1.54) is 0 Å². The van der Waals surface area contributed by atoms with Crippen molar-refractivity contribution in [3.05, 3.63) is 45.3 Å². The van der Waals surface area contributed by atoms with Crippen LogP contribution in [0.3, 0.4) is 0 Å². The van der Waals surface area contributed by atoms with Crippen LogP contribution in [0.5, 0.6) is 5.75 Å². The molecule has 1 atom stereocenters. The van der Waals surface area contributed by atoms with Gasteiger partial charge in [0.1, 0.15) is 10.8 Å². The minimum Gasteiger partial charge on any atom is -0.494 e. The van der Waals surface area contributed by atoms with Crippen molar-refractivity contribution < 1.29 is 34.1 Å².